The molecule has 2 heterocycles. The lowest BCUT2D eigenvalue weighted by Crippen LogP contribution is -2.24. The standard InChI is InChI=1S/C14H20F3N3/c1-4-18-11-7-10(14(15,16)17)8-12(19-11)20-6-5-13(2,3)9-20/h7-8H,4-6,9H2,1-3H3,(H,18,19). The van der Waals surface area contributed by atoms with Crippen molar-refractivity contribution in [3.05, 3.63) is 17.7 Å². The monoisotopic (exact) mass is 287 g/mol. The molecule has 0 aliphatic carbocycles. The molecule has 0 spiro atoms. The van der Waals surface area contributed by atoms with Crippen LogP contribution in [0.2, 0.25) is 0 Å². The summed E-state index contributed by atoms with van der Waals surface area (Å²) in [5, 5.41) is 2.87. The maximum Gasteiger partial charge on any atom is 0.416 e. The number of anilines is 2. The van der Waals surface area contributed by atoms with Crippen molar-refractivity contribution in [3.8, 4) is 0 Å². The van der Waals surface area contributed by atoms with Gasteiger partial charge >= 0.3 is 6.18 Å². The van der Waals surface area contributed by atoms with E-state index in [-0.39, 0.29) is 11.2 Å². The lowest BCUT2D eigenvalue weighted by molar-refractivity contribution is -0.137. The molecule has 20 heavy (non-hydrogen) atoms. The highest BCUT2D eigenvalue weighted by Crippen LogP contribution is 2.36. The van der Waals surface area contributed by atoms with E-state index < -0.39 is 11.7 Å². The molecule has 1 aromatic rings. The molecular weight excluding hydrogens is 267 g/mol. The third-order valence-corrected chi connectivity index (χ3v) is 3.50. The van der Waals surface area contributed by atoms with Crippen LogP contribution in [-0.2, 0) is 6.18 Å². The van der Waals surface area contributed by atoms with Crippen LogP contribution >= 0.6 is 0 Å². The summed E-state index contributed by atoms with van der Waals surface area (Å²) in [6.45, 7) is 8.08. The van der Waals surface area contributed by atoms with Gasteiger partial charge in [0, 0.05) is 19.6 Å². The van der Waals surface area contributed by atoms with Crippen LogP contribution in [-0.4, -0.2) is 24.6 Å². The topological polar surface area (TPSA) is 28.2 Å². The number of nitrogens with one attached hydrogen (secondary N) is 1. The Labute approximate surface area is 117 Å². The molecule has 6 heteroatoms. The number of pyridine rings is 1. The maximum absolute atomic E-state index is 13.0. The second-order valence-corrected chi connectivity index (χ2v) is 5.96. The van der Waals surface area contributed by atoms with E-state index in [0.29, 0.717) is 12.4 Å². The second kappa shape index (κ2) is 5.14. The first-order chi connectivity index (χ1) is 9.21. The molecule has 112 valence electrons. The van der Waals surface area contributed by atoms with Gasteiger partial charge in [-0.2, -0.15) is 13.2 Å². The molecule has 1 N–H and O–H groups in total. The summed E-state index contributed by atoms with van der Waals surface area (Å²) < 4.78 is 38.9. The lowest BCUT2D eigenvalue weighted by atomic mass is 9.93. The molecule has 0 saturated carbocycles. The summed E-state index contributed by atoms with van der Waals surface area (Å²) in [6.07, 6.45) is -3.39. The number of halogens is 3. The molecular formula is C14H20F3N3. The zero-order valence-electron chi connectivity index (χ0n) is 12.0. The Morgan fingerprint density at radius 2 is 2.05 bits per heavy atom. The van der Waals surface area contributed by atoms with Crippen molar-refractivity contribution in [1.29, 1.82) is 0 Å². The normalized spacial score (nSPS) is 18.4. The van der Waals surface area contributed by atoms with Crippen LogP contribution in [0.1, 0.15) is 32.8 Å². The fourth-order valence-electron chi connectivity index (χ4n) is 2.42. The summed E-state index contributed by atoms with van der Waals surface area (Å²) in [6, 6.07) is 2.20. The van der Waals surface area contributed by atoms with E-state index in [9.17, 15) is 13.2 Å². The molecule has 0 radical (unpaired) electrons. The quantitative estimate of drug-likeness (QED) is 0.917. The molecule has 1 aliphatic rings. The minimum Gasteiger partial charge on any atom is -0.370 e. The third kappa shape index (κ3) is 3.35. The van der Waals surface area contributed by atoms with Crippen LogP contribution in [0.3, 0.4) is 0 Å². The van der Waals surface area contributed by atoms with Crippen LogP contribution < -0.4 is 10.2 Å². The van der Waals surface area contributed by atoms with Gasteiger partial charge in [0.05, 0.1) is 5.56 Å². The second-order valence-electron chi connectivity index (χ2n) is 5.96. The Balaban J connectivity index is 2.35. The average molecular weight is 287 g/mol. The number of rotatable bonds is 3. The summed E-state index contributed by atoms with van der Waals surface area (Å²) >= 11 is 0. The fraction of sp³-hybridized carbons (Fsp3) is 0.643. The lowest BCUT2D eigenvalue weighted by Gasteiger charge is -2.22. The van der Waals surface area contributed by atoms with Gasteiger partial charge in [0.1, 0.15) is 11.6 Å². The molecule has 0 atom stereocenters. The van der Waals surface area contributed by atoms with Crippen LogP contribution in [0, 0.1) is 5.41 Å². The molecule has 1 saturated heterocycles. The number of aromatic nitrogens is 1. The average Bonchev–Trinajstić information content (AvgIpc) is 2.69. The van der Waals surface area contributed by atoms with Gasteiger partial charge in [-0.25, -0.2) is 4.98 Å². The molecule has 0 bridgehead atoms. The van der Waals surface area contributed by atoms with Crippen molar-refractivity contribution in [1.82, 2.24) is 4.98 Å². The van der Waals surface area contributed by atoms with Crippen molar-refractivity contribution in [2.45, 2.75) is 33.4 Å². The minimum absolute atomic E-state index is 0.119. The summed E-state index contributed by atoms with van der Waals surface area (Å²) in [7, 11) is 0. The van der Waals surface area contributed by atoms with Crippen molar-refractivity contribution in [2.75, 3.05) is 29.9 Å². The summed E-state index contributed by atoms with van der Waals surface area (Å²) in [4.78, 5) is 6.23. The Morgan fingerprint density at radius 3 is 2.55 bits per heavy atom. The smallest absolute Gasteiger partial charge is 0.370 e. The van der Waals surface area contributed by atoms with E-state index in [0.717, 1.165) is 31.6 Å². The number of hydrogen-bond donors (Lipinski definition) is 1. The van der Waals surface area contributed by atoms with Crippen molar-refractivity contribution < 1.29 is 13.2 Å². The van der Waals surface area contributed by atoms with Crippen LogP contribution in [0.5, 0.6) is 0 Å². The largest absolute Gasteiger partial charge is 0.416 e. The Morgan fingerprint density at radius 1 is 1.35 bits per heavy atom. The molecule has 0 amide bonds. The van der Waals surface area contributed by atoms with Crippen LogP contribution in [0.15, 0.2) is 12.1 Å². The highest BCUT2D eigenvalue weighted by atomic mass is 19.4. The van der Waals surface area contributed by atoms with E-state index >= 15 is 0 Å². The van der Waals surface area contributed by atoms with Crippen molar-refractivity contribution >= 4 is 11.6 Å². The van der Waals surface area contributed by atoms with E-state index in [1.54, 1.807) is 0 Å². The van der Waals surface area contributed by atoms with Gasteiger partial charge < -0.3 is 10.2 Å². The maximum atomic E-state index is 13.0. The van der Waals surface area contributed by atoms with Gasteiger partial charge in [-0.05, 0) is 30.9 Å². The Kier molecular flexibility index (Phi) is 3.84. The fourth-order valence-corrected chi connectivity index (χ4v) is 2.42. The predicted molar refractivity (Wildman–Crippen MR) is 74.0 cm³/mol. The first-order valence-corrected chi connectivity index (χ1v) is 6.79. The first kappa shape index (κ1) is 14.9. The van der Waals surface area contributed by atoms with Gasteiger partial charge in [-0.15, -0.1) is 0 Å². The predicted octanol–water partition coefficient (Wildman–Crippen LogP) is 3.77. The third-order valence-electron chi connectivity index (χ3n) is 3.50. The van der Waals surface area contributed by atoms with E-state index in [1.165, 1.54) is 0 Å². The van der Waals surface area contributed by atoms with E-state index in [1.807, 2.05) is 11.8 Å². The molecule has 2 rings (SSSR count). The highest BCUT2D eigenvalue weighted by molar-refractivity contribution is 5.52. The number of nitrogens with zero attached hydrogens (tertiary/aromatic N) is 2. The van der Waals surface area contributed by atoms with Crippen molar-refractivity contribution in [2.24, 2.45) is 5.41 Å². The van der Waals surface area contributed by atoms with E-state index in [4.69, 9.17) is 0 Å². The van der Waals surface area contributed by atoms with E-state index in [2.05, 4.69) is 24.1 Å². The minimum atomic E-state index is -4.35. The van der Waals surface area contributed by atoms with Crippen molar-refractivity contribution in [3.63, 3.8) is 0 Å². The van der Waals surface area contributed by atoms with Gasteiger partial charge in [-0.3, -0.25) is 0 Å². The van der Waals surface area contributed by atoms with Gasteiger partial charge in [0.2, 0.25) is 0 Å². The molecule has 1 aromatic heterocycles. The van der Waals surface area contributed by atoms with Crippen LogP contribution in [0.4, 0.5) is 24.8 Å². The number of alkyl halides is 3. The van der Waals surface area contributed by atoms with Crippen LogP contribution in [0.25, 0.3) is 0 Å². The molecule has 3 nitrogen and oxygen atoms in total. The SMILES string of the molecule is CCNc1cc(C(F)(F)F)cc(N2CCC(C)(C)C2)n1. The summed E-state index contributed by atoms with van der Waals surface area (Å²) in [5.41, 5.74) is -0.531. The zero-order valence-corrected chi connectivity index (χ0v) is 12.0. The molecule has 0 unspecified atom stereocenters. The Bertz CT molecular complexity index is 483. The molecule has 1 aliphatic heterocycles. The van der Waals surface area contributed by atoms with Gasteiger partial charge in [-0.1, -0.05) is 13.8 Å². The zero-order chi connectivity index (χ0) is 15.0. The molecule has 1 fully saturated rings. The Hall–Kier alpha value is -1.46. The first-order valence-electron chi connectivity index (χ1n) is 6.79. The summed E-state index contributed by atoms with van der Waals surface area (Å²) in [5.74, 6) is 0.684. The molecule has 0 aromatic carbocycles. The van der Waals surface area contributed by atoms with Gasteiger partial charge in [0.15, 0.2) is 0 Å². The van der Waals surface area contributed by atoms with Gasteiger partial charge in [0.25, 0.3) is 0 Å². The highest BCUT2D eigenvalue weighted by Gasteiger charge is 2.34. The number of hydrogen-bond acceptors (Lipinski definition) is 3.